The Morgan fingerprint density at radius 3 is 2.29 bits per heavy atom. The number of nitrogens with zero attached hydrogens (tertiary/aromatic N) is 1. The van der Waals surface area contributed by atoms with E-state index in [4.69, 9.17) is 5.73 Å². The molecule has 0 aliphatic carbocycles. The quantitative estimate of drug-likeness (QED) is 0.897. The summed E-state index contributed by atoms with van der Waals surface area (Å²) in [6.45, 7) is 9.52. The summed E-state index contributed by atoms with van der Waals surface area (Å²) < 4.78 is 0. The van der Waals surface area contributed by atoms with E-state index in [2.05, 4.69) is 50.9 Å². The summed E-state index contributed by atoms with van der Waals surface area (Å²) in [4.78, 5) is 2.31. The van der Waals surface area contributed by atoms with Crippen LogP contribution in [0, 0.1) is 13.8 Å². The SMILES string of the molecule is Cc1ccc(C(C)N(C)CC(C)N)c(C)c1.Cl. The molecule has 2 nitrogen and oxygen atoms in total. The molecular formula is C14H25ClN2. The maximum atomic E-state index is 5.83. The zero-order valence-electron chi connectivity index (χ0n) is 11.5. The zero-order valence-corrected chi connectivity index (χ0v) is 12.3. The molecule has 0 amide bonds. The van der Waals surface area contributed by atoms with Crippen LogP contribution in [0.25, 0.3) is 0 Å². The fourth-order valence-corrected chi connectivity index (χ4v) is 2.14. The number of aryl methyl sites for hydroxylation is 2. The van der Waals surface area contributed by atoms with Gasteiger partial charge in [-0.15, -0.1) is 12.4 Å². The molecule has 2 unspecified atom stereocenters. The summed E-state index contributed by atoms with van der Waals surface area (Å²) in [6, 6.07) is 7.29. The third kappa shape index (κ3) is 4.66. The van der Waals surface area contributed by atoms with Crippen molar-refractivity contribution in [2.75, 3.05) is 13.6 Å². The first kappa shape index (κ1) is 16.4. The average molecular weight is 257 g/mol. The number of hydrogen-bond acceptors (Lipinski definition) is 2. The highest BCUT2D eigenvalue weighted by Crippen LogP contribution is 2.23. The predicted octanol–water partition coefficient (Wildman–Crippen LogP) is 3.07. The van der Waals surface area contributed by atoms with Crippen molar-refractivity contribution in [3.05, 3.63) is 34.9 Å². The molecule has 1 aromatic rings. The van der Waals surface area contributed by atoms with Crippen molar-refractivity contribution in [1.29, 1.82) is 0 Å². The van der Waals surface area contributed by atoms with Crippen LogP contribution < -0.4 is 5.73 Å². The largest absolute Gasteiger partial charge is 0.327 e. The Morgan fingerprint density at radius 1 is 1.24 bits per heavy atom. The van der Waals surface area contributed by atoms with Crippen molar-refractivity contribution in [2.24, 2.45) is 5.73 Å². The molecule has 0 heterocycles. The second kappa shape index (κ2) is 7.00. The molecule has 0 aromatic heterocycles. The first-order valence-corrected chi connectivity index (χ1v) is 5.94. The third-order valence-electron chi connectivity index (χ3n) is 3.11. The van der Waals surface area contributed by atoms with Gasteiger partial charge in [-0.05, 0) is 45.9 Å². The molecule has 2 N–H and O–H groups in total. The van der Waals surface area contributed by atoms with Crippen molar-refractivity contribution >= 4 is 12.4 Å². The van der Waals surface area contributed by atoms with Gasteiger partial charge in [-0.1, -0.05) is 23.8 Å². The van der Waals surface area contributed by atoms with Crippen LogP contribution in [-0.2, 0) is 0 Å². The van der Waals surface area contributed by atoms with Gasteiger partial charge >= 0.3 is 0 Å². The zero-order chi connectivity index (χ0) is 12.3. The molecule has 17 heavy (non-hydrogen) atoms. The van der Waals surface area contributed by atoms with Gasteiger partial charge in [-0.3, -0.25) is 4.90 Å². The molecule has 1 aromatic carbocycles. The highest BCUT2D eigenvalue weighted by molar-refractivity contribution is 5.85. The topological polar surface area (TPSA) is 29.3 Å². The number of likely N-dealkylation sites (N-methyl/N-ethyl adjacent to an activating group) is 1. The number of rotatable bonds is 4. The summed E-state index contributed by atoms with van der Waals surface area (Å²) in [6.07, 6.45) is 0. The van der Waals surface area contributed by atoms with Gasteiger partial charge in [0.05, 0.1) is 0 Å². The highest BCUT2D eigenvalue weighted by Gasteiger charge is 2.14. The Kier molecular flexibility index (Phi) is 6.76. The molecule has 0 saturated heterocycles. The van der Waals surface area contributed by atoms with Crippen molar-refractivity contribution in [3.63, 3.8) is 0 Å². The molecule has 98 valence electrons. The van der Waals surface area contributed by atoms with E-state index >= 15 is 0 Å². The van der Waals surface area contributed by atoms with Gasteiger partial charge in [0.15, 0.2) is 0 Å². The molecule has 1 rings (SSSR count). The smallest absolute Gasteiger partial charge is 0.0320 e. The average Bonchev–Trinajstić information content (AvgIpc) is 2.15. The van der Waals surface area contributed by atoms with E-state index in [-0.39, 0.29) is 18.4 Å². The predicted molar refractivity (Wildman–Crippen MR) is 77.9 cm³/mol. The Morgan fingerprint density at radius 2 is 1.82 bits per heavy atom. The van der Waals surface area contributed by atoms with E-state index in [1.54, 1.807) is 0 Å². The maximum Gasteiger partial charge on any atom is 0.0320 e. The molecule has 0 saturated carbocycles. The van der Waals surface area contributed by atoms with Crippen molar-refractivity contribution in [2.45, 2.75) is 39.8 Å². The van der Waals surface area contributed by atoms with Crippen molar-refractivity contribution in [3.8, 4) is 0 Å². The van der Waals surface area contributed by atoms with Crippen molar-refractivity contribution < 1.29 is 0 Å². The Bertz CT molecular complexity index is 350. The van der Waals surface area contributed by atoms with Crippen LogP contribution >= 0.6 is 12.4 Å². The van der Waals surface area contributed by atoms with Crippen LogP contribution in [0.1, 0.15) is 36.6 Å². The van der Waals surface area contributed by atoms with E-state index in [0.29, 0.717) is 6.04 Å². The van der Waals surface area contributed by atoms with Crippen molar-refractivity contribution in [1.82, 2.24) is 4.90 Å². The fraction of sp³-hybridized carbons (Fsp3) is 0.571. The highest BCUT2D eigenvalue weighted by atomic mass is 35.5. The van der Waals surface area contributed by atoms with Gasteiger partial charge in [0.1, 0.15) is 0 Å². The Labute approximate surface area is 112 Å². The van der Waals surface area contributed by atoms with Crippen LogP contribution in [0.15, 0.2) is 18.2 Å². The lowest BCUT2D eigenvalue weighted by Gasteiger charge is -2.27. The Balaban J connectivity index is 0.00000256. The molecule has 0 aliphatic rings. The van der Waals surface area contributed by atoms with Crippen LogP contribution in [0.5, 0.6) is 0 Å². The molecule has 0 spiro atoms. The first-order chi connectivity index (χ1) is 7.41. The van der Waals surface area contributed by atoms with E-state index in [9.17, 15) is 0 Å². The lowest BCUT2D eigenvalue weighted by atomic mass is 9.99. The number of nitrogens with two attached hydrogens (primary N) is 1. The molecule has 3 heteroatoms. The first-order valence-electron chi connectivity index (χ1n) is 5.94. The normalized spacial score (nSPS) is 14.3. The summed E-state index contributed by atoms with van der Waals surface area (Å²) in [5.41, 5.74) is 9.91. The molecule has 0 bridgehead atoms. The molecule has 0 aliphatic heterocycles. The van der Waals surface area contributed by atoms with Crippen LogP contribution in [0.3, 0.4) is 0 Å². The van der Waals surface area contributed by atoms with Crippen LogP contribution in [0.2, 0.25) is 0 Å². The molecule has 0 fully saturated rings. The standard InChI is InChI=1S/C14H24N2.ClH/c1-10-6-7-14(11(2)8-10)13(4)16(5)9-12(3)15;/h6-8,12-13H,9,15H2,1-5H3;1H. The van der Waals surface area contributed by atoms with Gasteiger partial charge in [-0.2, -0.15) is 0 Å². The lowest BCUT2D eigenvalue weighted by Crippen LogP contribution is -2.34. The summed E-state index contributed by atoms with van der Waals surface area (Å²) in [5.74, 6) is 0. The number of hydrogen-bond donors (Lipinski definition) is 1. The van der Waals surface area contributed by atoms with Crippen LogP contribution in [0.4, 0.5) is 0 Å². The fourth-order valence-electron chi connectivity index (χ4n) is 2.14. The summed E-state index contributed by atoms with van der Waals surface area (Å²) in [7, 11) is 2.13. The molecule has 2 atom stereocenters. The minimum atomic E-state index is 0. The molecule has 0 radical (unpaired) electrons. The van der Waals surface area contributed by atoms with E-state index in [0.717, 1.165) is 6.54 Å². The van der Waals surface area contributed by atoms with Gasteiger partial charge in [0.2, 0.25) is 0 Å². The second-order valence-corrected chi connectivity index (χ2v) is 4.95. The number of halogens is 1. The number of benzene rings is 1. The molecular weight excluding hydrogens is 232 g/mol. The van der Waals surface area contributed by atoms with Gasteiger partial charge in [-0.25, -0.2) is 0 Å². The van der Waals surface area contributed by atoms with Gasteiger partial charge in [0, 0.05) is 18.6 Å². The van der Waals surface area contributed by atoms with E-state index in [1.807, 2.05) is 6.92 Å². The maximum absolute atomic E-state index is 5.83. The summed E-state index contributed by atoms with van der Waals surface area (Å²) in [5, 5.41) is 0. The summed E-state index contributed by atoms with van der Waals surface area (Å²) >= 11 is 0. The van der Waals surface area contributed by atoms with E-state index < -0.39 is 0 Å². The van der Waals surface area contributed by atoms with E-state index in [1.165, 1.54) is 16.7 Å². The minimum Gasteiger partial charge on any atom is -0.327 e. The Hall–Kier alpha value is -0.570. The van der Waals surface area contributed by atoms with Crippen LogP contribution in [-0.4, -0.2) is 24.5 Å². The minimum absolute atomic E-state index is 0. The van der Waals surface area contributed by atoms with Gasteiger partial charge in [0.25, 0.3) is 0 Å². The lowest BCUT2D eigenvalue weighted by molar-refractivity contribution is 0.249. The third-order valence-corrected chi connectivity index (χ3v) is 3.11. The monoisotopic (exact) mass is 256 g/mol. The van der Waals surface area contributed by atoms with Gasteiger partial charge < -0.3 is 5.73 Å². The second-order valence-electron chi connectivity index (χ2n) is 4.95.